The lowest BCUT2D eigenvalue weighted by Crippen LogP contribution is -2.43. The van der Waals surface area contributed by atoms with Crippen LogP contribution in [0.1, 0.15) is 25.3 Å². The number of urea groups is 1. The lowest BCUT2D eigenvalue weighted by molar-refractivity contribution is 0.0188. The Kier molecular flexibility index (Phi) is 7.39. The summed E-state index contributed by atoms with van der Waals surface area (Å²) in [6.07, 6.45) is 2.32. The van der Waals surface area contributed by atoms with Crippen molar-refractivity contribution in [2.75, 3.05) is 26.4 Å². The molecule has 1 heterocycles. The molecule has 0 radical (unpaired) electrons. The number of rotatable bonds is 8. The highest BCUT2D eigenvalue weighted by Crippen LogP contribution is 2.14. The van der Waals surface area contributed by atoms with Crippen molar-refractivity contribution in [2.45, 2.75) is 38.3 Å². The predicted molar refractivity (Wildman–Crippen MR) is 85.9 cm³/mol. The number of halogens is 2. The molecule has 1 fully saturated rings. The maximum absolute atomic E-state index is 13.6. The lowest BCUT2D eigenvalue weighted by atomic mass is 10.1. The molecule has 0 saturated carbocycles. The van der Waals surface area contributed by atoms with Gasteiger partial charge in [-0.1, -0.05) is 6.07 Å². The Morgan fingerprint density at radius 2 is 2.17 bits per heavy atom. The van der Waals surface area contributed by atoms with Crippen molar-refractivity contribution in [3.8, 4) is 0 Å². The first-order valence-electron chi connectivity index (χ1n) is 8.23. The van der Waals surface area contributed by atoms with Gasteiger partial charge in [0, 0.05) is 24.8 Å². The Balaban J connectivity index is 1.61. The van der Waals surface area contributed by atoms with Crippen LogP contribution >= 0.6 is 0 Å². The van der Waals surface area contributed by atoms with Gasteiger partial charge < -0.3 is 20.1 Å². The van der Waals surface area contributed by atoms with E-state index in [1.165, 1.54) is 18.2 Å². The summed E-state index contributed by atoms with van der Waals surface area (Å²) in [7, 11) is 0. The Labute approximate surface area is 140 Å². The molecule has 2 N–H and O–H groups in total. The number of benzene rings is 1. The summed E-state index contributed by atoms with van der Waals surface area (Å²) in [6.45, 7) is 3.77. The van der Waals surface area contributed by atoms with E-state index in [1.54, 1.807) is 6.92 Å². The third-order valence-corrected chi connectivity index (χ3v) is 3.81. The molecule has 1 aromatic carbocycles. The summed E-state index contributed by atoms with van der Waals surface area (Å²) >= 11 is 0. The number of nitrogens with one attached hydrogen (secondary N) is 2. The van der Waals surface area contributed by atoms with Gasteiger partial charge in [0.1, 0.15) is 11.6 Å². The lowest BCUT2D eigenvalue weighted by Gasteiger charge is -2.16. The largest absolute Gasteiger partial charge is 0.377 e. The highest BCUT2D eigenvalue weighted by atomic mass is 19.1. The van der Waals surface area contributed by atoms with Gasteiger partial charge >= 0.3 is 6.03 Å². The van der Waals surface area contributed by atoms with Gasteiger partial charge in [-0.25, -0.2) is 13.6 Å². The molecule has 134 valence electrons. The zero-order chi connectivity index (χ0) is 17.4. The molecular weight excluding hydrogens is 318 g/mol. The van der Waals surface area contributed by atoms with E-state index < -0.39 is 17.7 Å². The molecule has 0 spiro atoms. The molecule has 2 rings (SSSR count). The topological polar surface area (TPSA) is 59.6 Å². The van der Waals surface area contributed by atoms with Gasteiger partial charge in [-0.3, -0.25) is 0 Å². The van der Waals surface area contributed by atoms with Crippen LogP contribution in [0.4, 0.5) is 13.6 Å². The van der Waals surface area contributed by atoms with Crippen LogP contribution in [0.25, 0.3) is 0 Å². The van der Waals surface area contributed by atoms with E-state index in [9.17, 15) is 13.6 Å². The smallest absolute Gasteiger partial charge is 0.315 e. The molecule has 1 aromatic rings. The second-order valence-corrected chi connectivity index (χ2v) is 5.92. The van der Waals surface area contributed by atoms with Crippen molar-refractivity contribution in [3.63, 3.8) is 0 Å². The average molecular weight is 342 g/mol. The number of hydrogen-bond donors (Lipinski definition) is 2. The van der Waals surface area contributed by atoms with Crippen LogP contribution in [-0.2, 0) is 15.9 Å². The van der Waals surface area contributed by atoms with Gasteiger partial charge in [0.25, 0.3) is 0 Å². The molecule has 5 nitrogen and oxygen atoms in total. The first-order chi connectivity index (χ1) is 11.6. The van der Waals surface area contributed by atoms with Crippen molar-refractivity contribution < 1.29 is 23.0 Å². The van der Waals surface area contributed by atoms with E-state index in [-0.39, 0.29) is 24.1 Å². The van der Waals surface area contributed by atoms with Crippen LogP contribution in [0.3, 0.4) is 0 Å². The number of carbonyl (C=O) groups is 1. The minimum absolute atomic E-state index is 0.0230. The summed E-state index contributed by atoms with van der Waals surface area (Å²) in [4.78, 5) is 11.7. The van der Waals surface area contributed by atoms with Crippen LogP contribution < -0.4 is 10.6 Å². The molecule has 0 aliphatic carbocycles. The Hall–Kier alpha value is -1.73. The molecule has 1 aliphatic heterocycles. The second kappa shape index (κ2) is 9.54. The van der Waals surface area contributed by atoms with Gasteiger partial charge in [0.2, 0.25) is 0 Å². The summed E-state index contributed by atoms with van der Waals surface area (Å²) in [5.41, 5.74) is -0.0230. The van der Waals surface area contributed by atoms with E-state index in [2.05, 4.69) is 10.6 Å². The van der Waals surface area contributed by atoms with Crippen molar-refractivity contribution in [2.24, 2.45) is 0 Å². The van der Waals surface area contributed by atoms with Gasteiger partial charge in [-0.2, -0.15) is 0 Å². The molecule has 0 unspecified atom stereocenters. The molecule has 2 amide bonds. The van der Waals surface area contributed by atoms with E-state index in [4.69, 9.17) is 9.47 Å². The number of ether oxygens (including phenoxy) is 2. The van der Waals surface area contributed by atoms with Gasteiger partial charge in [-0.15, -0.1) is 0 Å². The van der Waals surface area contributed by atoms with E-state index >= 15 is 0 Å². The number of amides is 2. The normalized spacial score (nSPS) is 18.4. The van der Waals surface area contributed by atoms with Crippen LogP contribution in [0.5, 0.6) is 0 Å². The fraction of sp³-hybridized carbons (Fsp3) is 0.588. The molecular formula is C17H24F2N2O3. The minimum atomic E-state index is -0.605. The first kappa shape index (κ1) is 18.6. The highest BCUT2D eigenvalue weighted by Gasteiger charge is 2.16. The van der Waals surface area contributed by atoms with Gasteiger partial charge in [-0.05, 0) is 38.3 Å². The molecule has 7 heteroatoms. The number of hydrogen-bond acceptors (Lipinski definition) is 3. The van der Waals surface area contributed by atoms with Crippen molar-refractivity contribution in [3.05, 3.63) is 35.4 Å². The van der Waals surface area contributed by atoms with Crippen LogP contribution in [0.2, 0.25) is 0 Å². The average Bonchev–Trinajstić information content (AvgIpc) is 3.04. The monoisotopic (exact) mass is 342 g/mol. The summed E-state index contributed by atoms with van der Waals surface area (Å²) < 4.78 is 38.0. The summed E-state index contributed by atoms with van der Waals surface area (Å²) in [5.74, 6) is -1.21. The maximum atomic E-state index is 13.6. The fourth-order valence-electron chi connectivity index (χ4n) is 2.59. The van der Waals surface area contributed by atoms with Crippen molar-refractivity contribution in [1.82, 2.24) is 10.6 Å². The third-order valence-electron chi connectivity index (χ3n) is 3.81. The zero-order valence-corrected chi connectivity index (χ0v) is 13.8. The standard InChI is InChI=1S/C17H24F2N2O3/c1-12(10-14-15(18)5-2-6-16(14)19)21-17(22)20-7-9-23-11-13-4-3-8-24-13/h2,5-6,12-13H,3-4,7-11H2,1H3,(H2,20,21,22)/t12-,13+/m1/s1. The molecule has 1 saturated heterocycles. The third kappa shape index (κ3) is 6.05. The number of carbonyl (C=O) groups excluding carboxylic acids is 1. The van der Waals surface area contributed by atoms with Gasteiger partial charge in [0.05, 0.1) is 19.3 Å². The SMILES string of the molecule is C[C@H](Cc1c(F)cccc1F)NC(=O)NCCOC[C@@H]1CCCO1. The second-order valence-electron chi connectivity index (χ2n) is 5.92. The molecule has 24 heavy (non-hydrogen) atoms. The summed E-state index contributed by atoms with van der Waals surface area (Å²) in [6, 6.07) is 2.94. The molecule has 0 aromatic heterocycles. The Bertz CT molecular complexity index is 516. The molecule has 2 atom stereocenters. The Morgan fingerprint density at radius 1 is 1.42 bits per heavy atom. The Morgan fingerprint density at radius 3 is 2.83 bits per heavy atom. The van der Waals surface area contributed by atoms with Crippen LogP contribution in [0.15, 0.2) is 18.2 Å². The quantitative estimate of drug-likeness (QED) is 0.713. The first-order valence-corrected chi connectivity index (χ1v) is 8.23. The zero-order valence-electron chi connectivity index (χ0n) is 13.8. The van der Waals surface area contributed by atoms with Gasteiger partial charge in [0.15, 0.2) is 0 Å². The maximum Gasteiger partial charge on any atom is 0.315 e. The van der Waals surface area contributed by atoms with E-state index in [0.717, 1.165) is 19.4 Å². The predicted octanol–water partition coefficient (Wildman–Crippen LogP) is 2.39. The van der Waals surface area contributed by atoms with E-state index in [1.807, 2.05) is 0 Å². The summed E-state index contributed by atoms with van der Waals surface area (Å²) in [5, 5.41) is 5.30. The van der Waals surface area contributed by atoms with Crippen LogP contribution in [-0.4, -0.2) is 44.5 Å². The van der Waals surface area contributed by atoms with Crippen molar-refractivity contribution in [1.29, 1.82) is 0 Å². The fourth-order valence-corrected chi connectivity index (χ4v) is 2.59. The highest BCUT2D eigenvalue weighted by molar-refractivity contribution is 5.74. The van der Waals surface area contributed by atoms with Crippen LogP contribution in [0, 0.1) is 11.6 Å². The molecule has 0 bridgehead atoms. The minimum Gasteiger partial charge on any atom is -0.377 e. The van der Waals surface area contributed by atoms with Crippen molar-refractivity contribution >= 4 is 6.03 Å². The van der Waals surface area contributed by atoms with E-state index in [0.29, 0.717) is 19.8 Å². The molecule has 1 aliphatic rings.